The maximum absolute atomic E-state index is 11.5. The number of halogens is 1. The maximum Gasteiger partial charge on any atom is 0.175 e. The molecule has 112 valence electrons. The summed E-state index contributed by atoms with van der Waals surface area (Å²) in [5.41, 5.74) is 7.58. The monoisotopic (exact) mass is 369 g/mol. The molecule has 2 aromatic rings. The predicted molar refractivity (Wildman–Crippen MR) is 85.9 cm³/mol. The van der Waals surface area contributed by atoms with Gasteiger partial charge in [-0.05, 0) is 29.8 Å². The molecular formula is C15H16BrNO3S. The van der Waals surface area contributed by atoms with Crippen LogP contribution < -0.4 is 10.5 Å². The van der Waals surface area contributed by atoms with Gasteiger partial charge in [0.05, 0.1) is 4.90 Å². The highest BCUT2D eigenvalue weighted by Crippen LogP contribution is 2.22. The molecule has 21 heavy (non-hydrogen) atoms. The molecule has 6 heteroatoms. The van der Waals surface area contributed by atoms with Crippen LogP contribution in [0.3, 0.4) is 0 Å². The average Bonchev–Trinajstić information content (AvgIpc) is 2.45. The molecule has 0 radical (unpaired) electrons. The fraction of sp³-hybridized carbons (Fsp3) is 0.200. The molecule has 0 fully saturated rings. The van der Waals surface area contributed by atoms with Crippen molar-refractivity contribution in [2.45, 2.75) is 18.0 Å². The number of hydrogen-bond donors (Lipinski definition) is 1. The Morgan fingerprint density at radius 2 is 1.95 bits per heavy atom. The Bertz CT molecular complexity index is 744. The molecule has 0 aromatic heterocycles. The molecule has 0 saturated carbocycles. The lowest BCUT2D eigenvalue weighted by Gasteiger charge is -2.10. The fourth-order valence-corrected chi connectivity index (χ4v) is 2.99. The summed E-state index contributed by atoms with van der Waals surface area (Å²) in [5, 5.41) is 0. The van der Waals surface area contributed by atoms with Crippen molar-refractivity contribution in [3.63, 3.8) is 0 Å². The van der Waals surface area contributed by atoms with Crippen molar-refractivity contribution in [1.82, 2.24) is 0 Å². The third kappa shape index (κ3) is 4.30. The minimum Gasteiger partial charge on any atom is -0.489 e. The highest BCUT2D eigenvalue weighted by molar-refractivity contribution is 9.10. The first-order valence-electron chi connectivity index (χ1n) is 6.30. The molecule has 2 rings (SSSR count). The molecule has 0 spiro atoms. The van der Waals surface area contributed by atoms with Crippen LogP contribution in [0.15, 0.2) is 51.8 Å². The highest BCUT2D eigenvalue weighted by atomic mass is 79.9. The molecular weight excluding hydrogens is 354 g/mol. The number of ether oxygens (including phenoxy) is 1. The van der Waals surface area contributed by atoms with E-state index in [1.807, 2.05) is 18.2 Å². The first kappa shape index (κ1) is 16.0. The molecule has 0 bridgehead atoms. The zero-order chi connectivity index (χ0) is 15.5. The zero-order valence-corrected chi connectivity index (χ0v) is 13.9. The first-order chi connectivity index (χ1) is 9.90. The Morgan fingerprint density at radius 3 is 2.57 bits per heavy atom. The van der Waals surface area contributed by atoms with E-state index in [-0.39, 0.29) is 4.90 Å². The summed E-state index contributed by atoms with van der Waals surface area (Å²) in [4.78, 5) is 0.248. The molecule has 0 aliphatic heterocycles. The van der Waals surface area contributed by atoms with Crippen molar-refractivity contribution < 1.29 is 13.2 Å². The molecule has 0 aliphatic carbocycles. The smallest absolute Gasteiger partial charge is 0.175 e. The Hall–Kier alpha value is -1.37. The Kier molecular flexibility index (Phi) is 5.03. The van der Waals surface area contributed by atoms with Crippen LogP contribution in [0.1, 0.15) is 11.1 Å². The minimum absolute atomic E-state index is 0.248. The van der Waals surface area contributed by atoms with Crippen LogP contribution in [-0.4, -0.2) is 14.7 Å². The molecule has 4 nitrogen and oxygen atoms in total. The summed E-state index contributed by atoms with van der Waals surface area (Å²) < 4.78 is 29.6. The lowest BCUT2D eigenvalue weighted by molar-refractivity contribution is 0.304. The molecule has 0 heterocycles. The van der Waals surface area contributed by atoms with Crippen LogP contribution in [0.4, 0.5) is 0 Å². The summed E-state index contributed by atoms with van der Waals surface area (Å²) in [6.45, 7) is 0.828. The van der Waals surface area contributed by atoms with E-state index in [2.05, 4.69) is 15.9 Å². The van der Waals surface area contributed by atoms with Crippen LogP contribution in [0.5, 0.6) is 5.75 Å². The van der Waals surface area contributed by atoms with Gasteiger partial charge in [-0.1, -0.05) is 34.1 Å². The SMILES string of the molecule is CS(=O)(=O)c1cccc(OCc2ccc(CN)cc2Br)c1. The summed E-state index contributed by atoms with van der Waals surface area (Å²) in [7, 11) is -3.23. The van der Waals surface area contributed by atoms with Crippen molar-refractivity contribution in [3.8, 4) is 5.75 Å². The van der Waals surface area contributed by atoms with E-state index in [0.29, 0.717) is 18.9 Å². The lowest BCUT2D eigenvalue weighted by atomic mass is 10.1. The molecule has 0 atom stereocenters. The van der Waals surface area contributed by atoms with E-state index in [1.165, 1.54) is 12.3 Å². The lowest BCUT2D eigenvalue weighted by Crippen LogP contribution is -2.01. The molecule has 0 amide bonds. The van der Waals surface area contributed by atoms with Crippen LogP contribution in [0.2, 0.25) is 0 Å². The summed E-state index contributed by atoms with van der Waals surface area (Å²) in [6, 6.07) is 12.3. The van der Waals surface area contributed by atoms with E-state index in [9.17, 15) is 8.42 Å². The number of benzene rings is 2. The van der Waals surface area contributed by atoms with Crippen molar-refractivity contribution >= 4 is 25.8 Å². The number of nitrogens with two attached hydrogens (primary N) is 1. The van der Waals surface area contributed by atoms with Gasteiger partial charge in [-0.15, -0.1) is 0 Å². The average molecular weight is 370 g/mol. The molecule has 0 unspecified atom stereocenters. The first-order valence-corrected chi connectivity index (χ1v) is 8.99. The standard InChI is InChI=1S/C15H16BrNO3S/c1-21(18,19)14-4-2-3-13(8-14)20-10-12-6-5-11(9-17)7-15(12)16/h2-8H,9-10,17H2,1H3. The van der Waals surface area contributed by atoms with E-state index in [0.717, 1.165) is 15.6 Å². The normalized spacial score (nSPS) is 11.4. The summed E-state index contributed by atoms with van der Waals surface area (Å²) >= 11 is 3.48. The number of sulfone groups is 1. The maximum atomic E-state index is 11.5. The third-order valence-corrected chi connectivity index (χ3v) is 4.83. The zero-order valence-electron chi connectivity index (χ0n) is 11.5. The van der Waals surface area contributed by atoms with Crippen molar-refractivity contribution in [3.05, 3.63) is 58.1 Å². The van der Waals surface area contributed by atoms with Gasteiger partial charge in [0.2, 0.25) is 0 Å². The summed E-state index contributed by atoms with van der Waals surface area (Å²) in [5.74, 6) is 0.521. The number of rotatable bonds is 5. The molecule has 2 aromatic carbocycles. The third-order valence-electron chi connectivity index (χ3n) is 2.98. The topological polar surface area (TPSA) is 69.4 Å². The van der Waals surface area contributed by atoms with Crippen molar-refractivity contribution in [1.29, 1.82) is 0 Å². The molecule has 0 aliphatic rings. The van der Waals surface area contributed by atoms with E-state index in [4.69, 9.17) is 10.5 Å². The second-order valence-corrected chi connectivity index (χ2v) is 7.54. The van der Waals surface area contributed by atoms with E-state index >= 15 is 0 Å². The molecule has 2 N–H and O–H groups in total. The molecule has 0 saturated heterocycles. The van der Waals surface area contributed by atoms with Gasteiger partial charge in [0, 0.05) is 22.8 Å². The van der Waals surface area contributed by atoms with Crippen molar-refractivity contribution in [2.75, 3.05) is 6.26 Å². The van der Waals surface area contributed by atoms with Gasteiger partial charge in [-0.2, -0.15) is 0 Å². The van der Waals surface area contributed by atoms with Gasteiger partial charge in [0.15, 0.2) is 9.84 Å². The highest BCUT2D eigenvalue weighted by Gasteiger charge is 2.08. The Balaban J connectivity index is 2.13. The quantitative estimate of drug-likeness (QED) is 0.879. The van der Waals surface area contributed by atoms with Gasteiger partial charge < -0.3 is 10.5 Å². The summed E-state index contributed by atoms with van der Waals surface area (Å²) in [6.07, 6.45) is 1.17. The second-order valence-electron chi connectivity index (χ2n) is 4.67. The number of hydrogen-bond acceptors (Lipinski definition) is 4. The second kappa shape index (κ2) is 6.60. The van der Waals surface area contributed by atoms with E-state index < -0.39 is 9.84 Å². The van der Waals surface area contributed by atoms with Gasteiger partial charge in [-0.3, -0.25) is 0 Å². The Labute approximate surface area is 133 Å². The van der Waals surface area contributed by atoms with Crippen LogP contribution in [-0.2, 0) is 23.0 Å². The van der Waals surface area contributed by atoms with Gasteiger partial charge >= 0.3 is 0 Å². The van der Waals surface area contributed by atoms with Gasteiger partial charge in [-0.25, -0.2) is 8.42 Å². The van der Waals surface area contributed by atoms with Crippen molar-refractivity contribution in [2.24, 2.45) is 5.73 Å². The fourth-order valence-electron chi connectivity index (χ4n) is 1.79. The Morgan fingerprint density at radius 1 is 1.19 bits per heavy atom. The van der Waals surface area contributed by atoms with Gasteiger partial charge in [0.25, 0.3) is 0 Å². The van der Waals surface area contributed by atoms with Gasteiger partial charge in [0.1, 0.15) is 12.4 Å². The van der Waals surface area contributed by atoms with Crippen LogP contribution in [0.25, 0.3) is 0 Å². The van der Waals surface area contributed by atoms with Crippen LogP contribution >= 0.6 is 15.9 Å². The van der Waals surface area contributed by atoms with E-state index in [1.54, 1.807) is 18.2 Å². The largest absolute Gasteiger partial charge is 0.489 e. The predicted octanol–water partition coefficient (Wildman–Crippen LogP) is 2.89. The minimum atomic E-state index is -3.23. The van der Waals surface area contributed by atoms with Crippen LogP contribution in [0, 0.1) is 0 Å².